The van der Waals surface area contributed by atoms with Gasteiger partial charge in [-0.3, -0.25) is 9.59 Å². The molecular weight excluding hydrogens is 536 g/mol. The van der Waals surface area contributed by atoms with Crippen LogP contribution in [0.15, 0.2) is 42.5 Å². The fraction of sp³-hybridized carbons (Fsp3) is 0.182. The van der Waals surface area contributed by atoms with E-state index in [4.69, 9.17) is 23.2 Å². The van der Waals surface area contributed by atoms with Crippen molar-refractivity contribution in [2.24, 2.45) is 0 Å². The Balaban J connectivity index is 1.75. The van der Waals surface area contributed by atoms with Crippen LogP contribution in [0.5, 0.6) is 0 Å². The summed E-state index contributed by atoms with van der Waals surface area (Å²) in [6, 6.07) is 10.9. The van der Waals surface area contributed by atoms with Gasteiger partial charge in [-0.25, -0.2) is 4.68 Å². The molecule has 2 N–H and O–H groups in total. The largest absolute Gasteiger partial charge is 0.455 e. The molecule has 37 heavy (non-hydrogen) atoms. The second kappa shape index (κ2) is 10.2. The number of hydrogen-bond donors (Lipinski definition) is 2. The fourth-order valence-electron chi connectivity index (χ4n) is 3.45. The van der Waals surface area contributed by atoms with Gasteiger partial charge in [-0.2, -0.15) is 23.1 Å². The lowest BCUT2D eigenvalue weighted by Gasteiger charge is -2.15. The normalized spacial score (nSPS) is 11.4. The molecule has 2 amide bonds. The highest BCUT2D eigenvalue weighted by Gasteiger charge is 2.37. The Bertz CT molecular complexity index is 1500. The van der Waals surface area contributed by atoms with Crippen LogP contribution in [0, 0.1) is 6.92 Å². The maximum Gasteiger partial charge on any atom is 0.455 e. The highest BCUT2D eigenvalue weighted by Crippen LogP contribution is 2.28. The molecule has 0 aliphatic carbocycles. The number of aryl methyl sites for hydroxylation is 1. The van der Waals surface area contributed by atoms with Crippen molar-refractivity contribution < 1.29 is 22.8 Å². The Morgan fingerprint density at radius 1 is 1.05 bits per heavy atom. The van der Waals surface area contributed by atoms with Crippen molar-refractivity contribution in [1.82, 2.24) is 35.3 Å². The first-order valence-electron chi connectivity index (χ1n) is 10.5. The number of rotatable bonds is 6. The second-order valence-electron chi connectivity index (χ2n) is 7.70. The van der Waals surface area contributed by atoms with Gasteiger partial charge in [0.25, 0.3) is 17.6 Å². The third kappa shape index (κ3) is 5.57. The van der Waals surface area contributed by atoms with Crippen molar-refractivity contribution >= 4 is 40.7 Å². The van der Waals surface area contributed by atoms with E-state index in [0.717, 1.165) is 0 Å². The molecule has 4 aromatic rings. The molecule has 10 nitrogen and oxygen atoms in total. The number of halogens is 5. The number of nitrogens with zero attached hydrogens (tertiary/aromatic N) is 6. The standard InChI is InChI=1S/C22H17Cl2F3N8O2/c1-11-7-12(23)8-14(19(36)28-2)18(11)29-20(37)17-9-13(10-34-32-21(30-33-34)22(25,26)27)31-35(17)16-6-4-3-5-15(16)24/h3-9H,10H2,1-2H3,(H,28,36)(H,29,37). The molecule has 0 atom stereocenters. The van der Waals surface area contributed by atoms with Crippen molar-refractivity contribution in [3.8, 4) is 5.69 Å². The Morgan fingerprint density at radius 2 is 1.78 bits per heavy atom. The predicted molar refractivity (Wildman–Crippen MR) is 128 cm³/mol. The van der Waals surface area contributed by atoms with Gasteiger partial charge in [-0.1, -0.05) is 35.3 Å². The van der Waals surface area contributed by atoms with E-state index in [0.29, 0.717) is 21.1 Å². The highest BCUT2D eigenvalue weighted by atomic mass is 35.5. The topological polar surface area (TPSA) is 120 Å². The first kappa shape index (κ1) is 26.1. The third-order valence-electron chi connectivity index (χ3n) is 5.09. The van der Waals surface area contributed by atoms with Gasteiger partial charge in [-0.15, -0.1) is 10.2 Å². The Kier molecular flexibility index (Phi) is 7.18. The summed E-state index contributed by atoms with van der Waals surface area (Å²) < 4.78 is 39.8. The average Bonchev–Trinajstić information content (AvgIpc) is 3.48. The van der Waals surface area contributed by atoms with E-state index in [2.05, 4.69) is 31.1 Å². The van der Waals surface area contributed by atoms with E-state index < -0.39 is 23.8 Å². The third-order valence-corrected chi connectivity index (χ3v) is 5.63. The van der Waals surface area contributed by atoms with Crippen LogP contribution in [0.25, 0.3) is 5.69 Å². The zero-order valence-electron chi connectivity index (χ0n) is 19.1. The van der Waals surface area contributed by atoms with Crippen LogP contribution in [0.3, 0.4) is 0 Å². The Labute approximate surface area is 217 Å². The average molecular weight is 553 g/mol. The van der Waals surface area contributed by atoms with Gasteiger partial charge < -0.3 is 10.6 Å². The van der Waals surface area contributed by atoms with Gasteiger partial charge in [0.1, 0.15) is 12.2 Å². The summed E-state index contributed by atoms with van der Waals surface area (Å²) in [7, 11) is 1.44. The van der Waals surface area contributed by atoms with E-state index in [-0.39, 0.29) is 34.2 Å². The molecule has 0 spiro atoms. The number of alkyl halides is 3. The number of carbonyl (C=O) groups excluding carboxylic acids is 2. The smallest absolute Gasteiger partial charge is 0.355 e. The predicted octanol–water partition coefficient (Wildman–Crippen LogP) is 4.15. The lowest BCUT2D eigenvalue weighted by Crippen LogP contribution is -2.23. The van der Waals surface area contributed by atoms with Gasteiger partial charge in [0.05, 0.1) is 27.7 Å². The number of para-hydroxylation sites is 1. The summed E-state index contributed by atoms with van der Waals surface area (Å²) >= 11 is 12.4. The SMILES string of the molecule is CNC(=O)c1cc(Cl)cc(C)c1NC(=O)c1cc(Cn2nnc(C(F)(F)F)n2)nn1-c1ccccc1Cl. The zero-order valence-corrected chi connectivity index (χ0v) is 20.7. The maximum absolute atomic E-state index is 13.4. The van der Waals surface area contributed by atoms with Crippen LogP contribution < -0.4 is 10.6 Å². The maximum atomic E-state index is 13.4. The molecule has 2 heterocycles. The summed E-state index contributed by atoms with van der Waals surface area (Å²) in [6.45, 7) is 1.35. The van der Waals surface area contributed by atoms with Crippen LogP contribution >= 0.6 is 23.2 Å². The fourth-order valence-corrected chi connectivity index (χ4v) is 3.93. The number of hydrogen-bond acceptors (Lipinski definition) is 6. The molecular formula is C22H17Cl2F3N8O2. The van der Waals surface area contributed by atoms with Crippen LogP contribution in [-0.2, 0) is 12.7 Å². The first-order valence-corrected chi connectivity index (χ1v) is 11.3. The molecule has 0 saturated carbocycles. The summed E-state index contributed by atoms with van der Waals surface area (Å²) in [5.74, 6) is -2.55. The van der Waals surface area contributed by atoms with Gasteiger partial charge >= 0.3 is 6.18 Å². The lowest BCUT2D eigenvalue weighted by atomic mass is 10.1. The Hall–Kier alpha value is -3.97. The lowest BCUT2D eigenvalue weighted by molar-refractivity contribution is -0.145. The highest BCUT2D eigenvalue weighted by molar-refractivity contribution is 6.32. The Morgan fingerprint density at radius 3 is 2.43 bits per heavy atom. The monoisotopic (exact) mass is 552 g/mol. The van der Waals surface area contributed by atoms with Crippen molar-refractivity contribution in [1.29, 1.82) is 0 Å². The molecule has 0 aliphatic rings. The molecule has 4 rings (SSSR count). The minimum atomic E-state index is -4.76. The molecule has 0 fully saturated rings. The van der Waals surface area contributed by atoms with E-state index in [1.54, 1.807) is 37.3 Å². The summed E-state index contributed by atoms with van der Waals surface area (Å²) in [5, 5.41) is 19.8. The van der Waals surface area contributed by atoms with Crippen LogP contribution in [-0.4, -0.2) is 48.8 Å². The molecule has 0 radical (unpaired) electrons. The summed E-state index contributed by atoms with van der Waals surface area (Å²) in [5.41, 5.74) is 1.34. The summed E-state index contributed by atoms with van der Waals surface area (Å²) in [6.07, 6.45) is -4.76. The van der Waals surface area contributed by atoms with Crippen LogP contribution in [0.4, 0.5) is 18.9 Å². The number of carbonyl (C=O) groups is 2. The van der Waals surface area contributed by atoms with Crippen molar-refractivity contribution in [3.63, 3.8) is 0 Å². The number of benzene rings is 2. The molecule has 0 unspecified atom stereocenters. The molecule has 0 saturated heterocycles. The van der Waals surface area contributed by atoms with Crippen LogP contribution in [0.1, 0.15) is 37.9 Å². The number of tetrazole rings is 1. The van der Waals surface area contributed by atoms with Gasteiger partial charge in [-0.05, 0) is 48.0 Å². The van der Waals surface area contributed by atoms with Crippen LogP contribution in [0.2, 0.25) is 10.0 Å². The molecule has 0 bridgehead atoms. The van der Waals surface area contributed by atoms with E-state index >= 15 is 0 Å². The van der Waals surface area contributed by atoms with Gasteiger partial charge in [0, 0.05) is 12.1 Å². The number of amides is 2. The van der Waals surface area contributed by atoms with Crippen molar-refractivity contribution in [3.05, 3.63) is 80.8 Å². The first-order chi connectivity index (χ1) is 17.5. The molecule has 15 heteroatoms. The minimum absolute atomic E-state index is 0.0172. The molecule has 2 aromatic heterocycles. The summed E-state index contributed by atoms with van der Waals surface area (Å²) in [4.78, 5) is 26.6. The molecule has 192 valence electrons. The van der Waals surface area contributed by atoms with E-state index in [9.17, 15) is 22.8 Å². The number of nitrogens with one attached hydrogen (secondary N) is 2. The number of anilines is 1. The molecule has 2 aromatic carbocycles. The second-order valence-corrected chi connectivity index (χ2v) is 8.55. The van der Waals surface area contributed by atoms with E-state index in [1.807, 2.05) is 0 Å². The van der Waals surface area contributed by atoms with E-state index in [1.165, 1.54) is 23.9 Å². The molecule has 0 aliphatic heterocycles. The van der Waals surface area contributed by atoms with Gasteiger partial charge in [0.15, 0.2) is 0 Å². The number of aromatic nitrogens is 6. The van der Waals surface area contributed by atoms with Gasteiger partial charge in [0.2, 0.25) is 0 Å². The van der Waals surface area contributed by atoms with Crippen molar-refractivity contribution in [2.45, 2.75) is 19.6 Å². The zero-order chi connectivity index (χ0) is 26.9. The quantitative estimate of drug-likeness (QED) is 0.370. The van der Waals surface area contributed by atoms with Crippen molar-refractivity contribution in [2.75, 3.05) is 12.4 Å². The minimum Gasteiger partial charge on any atom is -0.355 e.